The summed E-state index contributed by atoms with van der Waals surface area (Å²) in [7, 11) is 10.0. The van der Waals surface area contributed by atoms with Gasteiger partial charge in [-0.25, -0.2) is 9.59 Å². The van der Waals surface area contributed by atoms with Crippen LogP contribution in [-0.4, -0.2) is 92.0 Å². The molecule has 2 aromatic carbocycles. The lowest BCUT2D eigenvalue weighted by Gasteiger charge is -2.43. The number of rotatable bonds is 10. The lowest BCUT2D eigenvalue weighted by atomic mass is 9.78. The van der Waals surface area contributed by atoms with Crippen LogP contribution >= 0.6 is 0 Å². The Hall–Kier alpha value is -4.07. The van der Waals surface area contributed by atoms with E-state index < -0.39 is 46.2 Å². The fraction of sp³-hybridized carbons (Fsp3) is 0.367. The van der Waals surface area contributed by atoms with Crippen LogP contribution < -0.4 is 9.47 Å². The summed E-state index contributed by atoms with van der Waals surface area (Å²) in [6, 6.07) is 13.3. The molecule has 0 amide bonds. The quantitative estimate of drug-likeness (QED) is 0.300. The first-order valence-corrected chi connectivity index (χ1v) is 12.6. The summed E-state index contributed by atoms with van der Waals surface area (Å²) in [6.07, 6.45) is 0. The van der Waals surface area contributed by atoms with Crippen molar-refractivity contribution in [3.8, 4) is 11.5 Å². The molecule has 1 aliphatic carbocycles. The van der Waals surface area contributed by atoms with Crippen LogP contribution in [0, 0.1) is 0 Å². The van der Waals surface area contributed by atoms with Crippen molar-refractivity contribution < 1.29 is 57.0 Å². The summed E-state index contributed by atoms with van der Waals surface area (Å²) in [4.78, 5) is 41.9. The number of ketones is 1. The highest BCUT2D eigenvalue weighted by molar-refractivity contribution is 6.38. The van der Waals surface area contributed by atoms with E-state index in [1.165, 1.54) is 42.7 Å². The standard InChI is InChI=1S/C30H32O12/c1-34-19-13-9-17(10-14-19)21-22(18-11-15-20(35-2)16-12-18)28(29(38-5,39-6)25(21)31)23(26(32)36-3)24(27(33)37-4)30(40-7,41-8)42-28/h9-16H,1-8H3. The second-order valence-corrected chi connectivity index (χ2v) is 9.04. The molecule has 1 unspecified atom stereocenters. The molecule has 0 aromatic heterocycles. The topological polar surface area (TPSA) is 134 Å². The highest BCUT2D eigenvalue weighted by atomic mass is 16.9. The number of hydrogen-bond acceptors (Lipinski definition) is 12. The van der Waals surface area contributed by atoms with E-state index in [1.807, 2.05) is 0 Å². The molecule has 1 aliphatic heterocycles. The van der Waals surface area contributed by atoms with Crippen molar-refractivity contribution in [2.45, 2.75) is 17.4 Å². The lowest BCUT2D eigenvalue weighted by Crippen LogP contribution is -2.62. The Bertz CT molecular complexity index is 1430. The van der Waals surface area contributed by atoms with Crippen LogP contribution in [0.4, 0.5) is 0 Å². The van der Waals surface area contributed by atoms with E-state index >= 15 is 0 Å². The van der Waals surface area contributed by atoms with Crippen LogP contribution in [0.2, 0.25) is 0 Å². The molecule has 0 saturated heterocycles. The van der Waals surface area contributed by atoms with Gasteiger partial charge in [0.05, 0.1) is 34.0 Å². The van der Waals surface area contributed by atoms with Crippen molar-refractivity contribution in [3.05, 3.63) is 70.8 Å². The number of ether oxygens (including phenoxy) is 9. The number of benzene rings is 2. The molecule has 2 aromatic rings. The maximum absolute atomic E-state index is 14.7. The normalized spacial score (nSPS) is 20.7. The summed E-state index contributed by atoms with van der Waals surface area (Å²) in [5, 5.41) is 0. The first-order valence-electron chi connectivity index (χ1n) is 12.6. The molecule has 0 saturated carbocycles. The minimum absolute atomic E-state index is 0.0557. The van der Waals surface area contributed by atoms with E-state index in [9.17, 15) is 14.4 Å². The summed E-state index contributed by atoms with van der Waals surface area (Å²) >= 11 is 0. The summed E-state index contributed by atoms with van der Waals surface area (Å²) < 4.78 is 50.3. The highest BCUT2D eigenvalue weighted by Gasteiger charge is 2.78. The second kappa shape index (κ2) is 11.7. The SMILES string of the molecule is COC(=O)C1=C(C(=O)OC)C2(OC1(OC)OC)C(c1ccc(OC)cc1)=C(c1ccc(OC)cc1)C(=O)C2(OC)OC. The van der Waals surface area contributed by atoms with Gasteiger partial charge in [-0.15, -0.1) is 0 Å². The van der Waals surface area contributed by atoms with Gasteiger partial charge in [0.25, 0.3) is 5.79 Å². The van der Waals surface area contributed by atoms with Gasteiger partial charge >= 0.3 is 17.9 Å². The molecule has 0 N–H and O–H groups in total. The van der Waals surface area contributed by atoms with Crippen LogP contribution in [0.3, 0.4) is 0 Å². The Morgan fingerprint density at radius 3 is 1.48 bits per heavy atom. The summed E-state index contributed by atoms with van der Waals surface area (Å²) in [5.41, 5.74) is -2.38. The van der Waals surface area contributed by atoms with Gasteiger partial charge in [-0.1, -0.05) is 24.3 Å². The molecule has 2 aliphatic rings. The van der Waals surface area contributed by atoms with Crippen molar-refractivity contribution >= 4 is 28.9 Å². The largest absolute Gasteiger partial charge is 0.497 e. The first-order chi connectivity index (χ1) is 20.1. The van der Waals surface area contributed by atoms with Crippen LogP contribution in [0.1, 0.15) is 11.1 Å². The molecule has 4 rings (SSSR count). The van der Waals surface area contributed by atoms with Crippen molar-refractivity contribution in [2.75, 3.05) is 56.9 Å². The van der Waals surface area contributed by atoms with Crippen LogP contribution in [0.15, 0.2) is 59.7 Å². The molecule has 1 heterocycles. The molecule has 0 fully saturated rings. The zero-order valence-corrected chi connectivity index (χ0v) is 24.5. The predicted molar refractivity (Wildman–Crippen MR) is 146 cm³/mol. The van der Waals surface area contributed by atoms with Crippen LogP contribution in [0.5, 0.6) is 11.5 Å². The number of carbonyl (C=O) groups is 3. The zero-order valence-electron chi connectivity index (χ0n) is 24.5. The molecule has 12 nitrogen and oxygen atoms in total. The minimum atomic E-state index is -2.40. The Morgan fingerprint density at radius 2 is 1.07 bits per heavy atom. The number of methoxy groups -OCH3 is 8. The number of esters is 2. The maximum Gasteiger partial charge on any atom is 0.342 e. The van der Waals surface area contributed by atoms with Gasteiger partial charge in [0.15, 0.2) is 5.60 Å². The third kappa shape index (κ3) is 4.14. The Labute approximate surface area is 242 Å². The Morgan fingerprint density at radius 1 is 0.619 bits per heavy atom. The van der Waals surface area contributed by atoms with E-state index in [4.69, 9.17) is 42.6 Å². The Kier molecular flexibility index (Phi) is 8.58. The van der Waals surface area contributed by atoms with Gasteiger partial charge in [-0.3, -0.25) is 4.79 Å². The van der Waals surface area contributed by atoms with Crippen LogP contribution in [-0.2, 0) is 47.5 Å². The summed E-state index contributed by atoms with van der Waals surface area (Å²) in [6.45, 7) is 0. The molecule has 42 heavy (non-hydrogen) atoms. The molecule has 1 spiro atoms. The predicted octanol–water partition coefficient (Wildman–Crippen LogP) is 2.54. The number of Topliss-reactive ketones (excluding diaryl/α,β-unsaturated/α-hetero) is 1. The van der Waals surface area contributed by atoms with Gasteiger partial charge in [0.1, 0.15) is 17.1 Å². The molecule has 1 atom stereocenters. The highest BCUT2D eigenvalue weighted by Crippen LogP contribution is 2.63. The average molecular weight is 585 g/mol. The third-order valence-electron chi connectivity index (χ3n) is 7.44. The van der Waals surface area contributed by atoms with E-state index in [2.05, 4.69) is 0 Å². The third-order valence-corrected chi connectivity index (χ3v) is 7.44. The van der Waals surface area contributed by atoms with E-state index in [1.54, 1.807) is 48.5 Å². The van der Waals surface area contributed by atoms with Crippen molar-refractivity contribution in [3.63, 3.8) is 0 Å². The molecule has 12 heteroatoms. The molecule has 0 bridgehead atoms. The van der Waals surface area contributed by atoms with Gasteiger partial charge in [0.2, 0.25) is 5.78 Å². The van der Waals surface area contributed by atoms with E-state index in [-0.39, 0.29) is 11.1 Å². The fourth-order valence-corrected chi connectivity index (χ4v) is 5.56. The van der Waals surface area contributed by atoms with Crippen molar-refractivity contribution in [1.82, 2.24) is 0 Å². The van der Waals surface area contributed by atoms with Gasteiger partial charge < -0.3 is 42.6 Å². The number of carbonyl (C=O) groups excluding carboxylic acids is 3. The lowest BCUT2D eigenvalue weighted by molar-refractivity contribution is -0.377. The summed E-state index contributed by atoms with van der Waals surface area (Å²) in [5.74, 6) is -6.55. The fourth-order valence-electron chi connectivity index (χ4n) is 5.56. The van der Waals surface area contributed by atoms with Gasteiger partial charge in [-0.05, 0) is 35.4 Å². The first kappa shape index (κ1) is 30.9. The van der Waals surface area contributed by atoms with Gasteiger partial charge in [0, 0.05) is 39.6 Å². The van der Waals surface area contributed by atoms with E-state index in [0.717, 1.165) is 14.2 Å². The van der Waals surface area contributed by atoms with Crippen molar-refractivity contribution in [2.24, 2.45) is 0 Å². The van der Waals surface area contributed by atoms with Gasteiger partial charge in [-0.2, -0.15) is 0 Å². The second-order valence-electron chi connectivity index (χ2n) is 9.04. The van der Waals surface area contributed by atoms with E-state index in [0.29, 0.717) is 22.6 Å². The Balaban J connectivity index is 2.29. The zero-order chi connectivity index (χ0) is 30.9. The number of hydrogen-bond donors (Lipinski definition) is 0. The smallest absolute Gasteiger partial charge is 0.342 e. The molecule has 224 valence electrons. The molecule has 0 radical (unpaired) electrons. The molecular formula is C30H32O12. The molecular weight excluding hydrogens is 552 g/mol. The van der Waals surface area contributed by atoms with Crippen molar-refractivity contribution in [1.29, 1.82) is 0 Å². The van der Waals surface area contributed by atoms with Crippen LogP contribution in [0.25, 0.3) is 11.1 Å². The monoisotopic (exact) mass is 584 g/mol. The maximum atomic E-state index is 14.7. The minimum Gasteiger partial charge on any atom is -0.497 e. The average Bonchev–Trinajstić information content (AvgIpc) is 3.46.